The number of urea groups is 2. The highest BCUT2D eigenvalue weighted by molar-refractivity contribution is 7.81. The van der Waals surface area contributed by atoms with Crippen LogP contribution >= 0.6 is 22.7 Å². The molecular weight excluding hydrogens is 959 g/mol. The molecule has 0 radical (unpaired) electrons. The summed E-state index contributed by atoms with van der Waals surface area (Å²) in [5.74, 6) is 0. The van der Waals surface area contributed by atoms with E-state index in [1.54, 1.807) is 12.4 Å². The highest BCUT2D eigenvalue weighted by Crippen LogP contribution is 2.42. The molecule has 4 amide bonds. The van der Waals surface area contributed by atoms with Crippen LogP contribution < -0.4 is 4.57 Å². The van der Waals surface area contributed by atoms with Gasteiger partial charge in [0, 0.05) is 48.7 Å². The van der Waals surface area contributed by atoms with E-state index < -0.39 is 44.9 Å². The van der Waals surface area contributed by atoms with Gasteiger partial charge in [-0.2, -0.15) is 18.7 Å². The van der Waals surface area contributed by atoms with Crippen LogP contribution in [0.1, 0.15) is 127 Å². The summed E-state index contributed by atoms with van der Waals surface area (Å²) in [4.78, 5) is 31.7. The highest BCUT2D eigenvalue weighted by atomic mass is 32.3. The summed E-state index contributed by atoms with van der Waals surface area (Å²) in [6.07, 6.45) is 20.4. The van der Waals surface area contributed by atoms with E-state index in [1.165, 1.54) is 115 Å². The first-order chi connectivity index (χ1) is 32.5. The third kappa shape index (κ3) is 13.9. The Labute approximate surface area is 407 Å². The van der Waals surface area contributed by atoms with Crippen LogP contribution in [0.15, 0.2) is 49.1 Å². The Balaban J connectivity index is 0.000000173. The van der Waals surface area contributed by atoms with Crippen LogP contribution in [0.25, 0.3) is 21.1 Å². The Bertz CT molecular complexity index is 2440. The van der Waals surface area contributed by atoms with Gasteiger partial charge in [0.05, 0.1) is 50.3 Å². The molecule has 0 unspecified atom stereocenters. The number of aryl methyl sites for hydroxylation is 1. The van der Waals surface area contributed by atoms with Crippen molar-refractivity contribution in [3.05, 3.63) is 59.1 Å². The molecule has 0 saturated carbocycles. The molecule has 8 heterocycles. The molecule has 4 atom stereocenters. The molecule has 21 nitrogen and oxygen atoms in total. The van der Waals surface area contributed by atoms with Crippen LogP contribution in [0.3, 0.4) is 0 Å². The molecule has 68 heavy (non-hydrogen) atoms. The number of hydrogen-bond acceptors (Lipinski definition) is 17. The first-order valence-corrected chi connectivity index (χ1v) is 27.7. The van der Waals surface area contributed by atoms with E-state index in [9.17, 15) is 35.5 Å². The minimum Gasteiger partial charge on any atom is -0.724 e. The molecule has 4 aliphatic heterocycles. The molecular formula is C43H63N11O10S4. The predicted molar refractivity (Wildman–Crippen MR) is 250 cm³/mol. The lowest BCUT2D eigenvalue weighted by molar-refractivity contribution is -0.929. The number of quaternary nitrogens is 1. The zero-order valence-electron chi connectivity index (χ0n) is 39.3. The van der Waals surface area contributed by atoms with E-state index in [2.05, 4.69) is 61.6 Å². The summed E-state index contributed by atoms with van der Waals surface area (Å²) in [5, 5.41) is 20.9. The number of fused-ring (bicyclic) bond motifs is 4. The van der Waals surface area contributed by atoms with Crippen molar-refractivity contribution < 1.29 is 53.1 Å². The van der Waals surface area contributed by atoms with Crippen LogP contribution in [0, 0.1) is 0 Å². The molecule has 4 fully saturated rings. The Hall–Kier alpha value is -4.34. The van der Waals surface area contributed by atoms with Gasteiger partial charge < -0.3 is 23.4 Å². The summed E-state index contributed by atoms with van der Waals surface area (Å²) in [6, 6.07) is 4.66. The van der Waals surface area contributed by atoms with Crippen molar-refractivity contribution in [1.82, 2.24) is 45.3 Å². The van der Waals surface area contributed by atoms with E-state index in [4.69, 9.17) is 0 Å². The molecule has 0 aromatic carbocycles. The Kier molecular flexibility index (Phi) is 18.7. The zero-order valence-corrected chi connectivity index (χ0v) is 42.6. The first-order valence-electron chi connectivity index (χ1n) is 23.4. The number of rotatable bonds is 20. The lowest BCUT2D eigenvalue weighted by Gasteiger charge is -2.39. The summed E-state index contributed by atoms with van der Waals surface area (Å²) >= 11 is 2.75. The van der Waals surface area contributed by atoms with Gasteiger partial charge in [-0.1, -0.05) is 76.1 Å². The van der Waals surface area contributed by atoms with Crippen molar-refractivity contribution in [3.63, 3.8) is 0 Å². The summed E-state index contributed by atoms with van der Waals surface area (Å²) < 4.78 is 76.9. The molecule has 4 aliphatic rings. The Morgan fingerprint density at radius 1 is 0.632 bits per heavy atom. The molecule has 8 rings (SSSR count). The second-order valence-corrected chi connectivity index (χ2v) is 21.5. The van der Waals surface area contributed by atoms with Crippen molar-refractivity contribution in [1.29, 1.82) is 0 Å². The van der Waals surface area contributed by atoms with Gasteiger partial charge in [-0.3, -0.25) is 4.98 Å². The third-order valence-electron chi connectivity index (χ3n) is 12.5. The lowest BCUT2D eigenvalue weighted by Crippen LogP contribution is -2.50. The maximum absolute atomic E-state index is 12.4. The highest BCUT2D eigenvalue weighted by Gasteiger charge is 2.49. The van der Waals surface area contributed by atoms with E-state index >= 15 is 0 Å². The van der Waals surface area contributed by atoms with E-state index in [1.807, 2.05) is 48.3 Å². The predicted octanol–water partition coefficient (Wildman–Crippen LogP) is 6.30. The fourth-order valence-electron chi connectivity index (χ4n) is 8.93. The van der Waals surface area contributed by atoms with Crippen LogP contribution in [0.2, 0.25) is 0 Å². The number of carbonyl (C=O) groups excluding carboxylic acids is 2. The van der Waals surface area contributed by atoms with Gasteiger partial charge in [-0.05, 0) is 63.5 Å². The quantitative estimate of drug-likeness (QED) is 0.0408. The van der Waals surface area contributed by atoms with Crippen molar-refractivity contribution in [2.75, 3.05) is 39.3 Å². The first kappa shape index (κ1) is 53.0. The van der Waals surface area contributed by atoms with Gasteiger partial charge in [0.25, 0.3) is 0 Å². The normalized spacial score (nSPS) is 20.3. The van der Waals surface area contributed by atoms with Gasteiger partial charge in [0.2, 0.25) is 20.8 Å². The number of hydroxylamine groups is 4. The topological polar surface area (TPSA) is 248 Å². The number of amides is 4. The molecule has 0 spiro atoms. The van der Waals surface area contributed by atoms with Gasteiger partial charge >= 0.3 is 12.1 Å². The minimum atomic E-state index is -5.00. The number of nitrogens with zero attached hydrogens (tertiary/aromatic N) is 11. The minimum absolute atomic E-state index is 0.281. The number of aromatic nitrogens is 6. The fraction of sp³-hybridized carbons (Fsp3) is 0.628. The average molecular weight is 1020 g/mol. The second kappa shape index (κ2) is 24.0. The number of carbonyl (C=O) groups is 2. The van der Waals surface area contributed by atoms with Crippen molar-refractivity contribution >= 4 is 55.5 Å². The van der Waals surface area contributed by atoms with Crippen molar-refractivity contribution in [2.45, 2.75) is 129 Å². The molecule has 0 N–H and O–H groups in total. The van der Waals surface area contributed by atoms with Crippen LogP contribution in [0.4, 0.5) is 9.59 Å². The fourth-order valence-corrected chi connectivity index (χ4v) is 11.7. The van der Waals surface area contributed by atoms with Gasteiger partial charge in [-0.15, -0.1) is 20.4 Å². The smallest absolute Gasteiger partial charge is 0.346 e. The molecule has 374 valence electrons. The SMILES string of the molecule is CCCC[N+](CCCC)(CCCC)CCCC.C[n+]1ccc(-c2nnc([C@@H]3CC[C@@H]4CN3C(=O)N4OS(=O)(=O)[O-])s2)cc1.O=C1N2C[C@@H](CC[C@H]2c2nnc(-c3ccncc3)s2)N1OS(=O)(=O)[O-]. The summed E-state index contributed by atoms with van der Waals surface area (Å²) in [7, 11) is -8.07. The van der Waals surface area contributed by atoms with Gasteiger partial charge in [-0.25, -0.2) is 31.0 Å². The van der Waals surface area contributed by atoms with Crippen molar-refractivity contribution in [3.8, 4) is 21.1 Å². The van der Waals surface area contributed by atoms with Crippen molar-refractivity contribution in [2.24, 2.45) is 7.05 Å². The number of unbranched alkanes of at least 4 members (excludes halogenated alkanes) is 4. The van der Waals surface area contributed by atoms with Crippen LogP contribution in [-0.4, -0.2) is 139 Å². The molecule has 4 saturated heterocycles. The molecule has 4 bridgehead atoms. The monoisotopic (exact) mass is 1020 g/mol. The maximum atomic E-state index is 12.4. The Morgan fingerprint density at radius 2 is 1.01 bits per heavy atom. The summed E-state index contributed by atoms with van der Waals surface area (Å²) in [5.41, 5.74) is 1.80. The average Bonchev–Trinajstić information content (AvgIpc) is 4.11. The van der Waals surface area contributed by atoms with Crippen LogP contribution in [0.5, 0.6) is 0 Å². The molecule has 0 aliphatic carbocycles. The maximum Gasteiger partial charge on any atom is 0.346 e. The third-order valence-corrected chi connectivity index (χ3v) is 15.4. The van der Waals surface area contributed by atoms with Crippen LogP contribution in [-0.2, 0) is 36.4 Å². The lowest BCUT2D eigenvalue weighted by atomic mass is 10.0. The zero-order chi connectivity index (χ0) is 49.1. The molecule has 4 aromatic rings. The van der Waals surface area contributed by atoms with Gasteiger partial charge in [0.1, 0.15) is 27.1 Å². The number of hydrogen-bond donors (Lipinski definition) is 0. The largest absolute Gasteiger partial charge is 0.724 e. The molecule has 25 heteroatoms. The standard InChI is InChI=1S/C16H36N.C14H15N5O5S2.C13H13N5O5S2/c1-5-9-13-17(14-10-6-2,15-11-7-3)16-12-8-4;1-17-6-4-9(5-7-17)12-15-16-13(25-12)11-3-2-10-8-18(11)14(20)19(10)24-26(21,22)23;19-13-17-7-9(18(13)23-25(20,21)22)1-2-10(17)12-16-15-11(24-12)8-3-5-14-6-4-8/h5-16H2,1-4H3;4-7,10-11H,2-3,8H2,1H3;3-6,9-10H,1-2,7H2,(H,20,21,22)/q+1;;/p-1/t;10-,11+;9-,10+/m.11/s1. The Morgan fingerprint density at radius 3 is 1.38 bits per heavy atom. The number of piperidine rings is 2. The second-order valence-electron chi connectivity index (χ2n) is 17.5. The molecule has 4 aromatic heterocycles. The summed E-state index contributed by atoms with van der Waals surface area (Å²) in [6.45, 7) is 15.6. The number of pyridine rings is 2. The van der Waals surface area contributed by atoms with Gasteiger partial charge in [0.15, 0.2) is 12.4 Å². The van der Waals surface area contributed by atoms with E-state index in [-0.39, 0.29) is 25.2 Å². The van der Waals surface area contributed by atoms with E-state index in [0.717, 1.165) is 16.1 Å². The van der Waals surface area contributed by atoms with E-state index in [0.29, 0.717) is 50.8 Å².